The second-order valence-electron chi connectivity index (χ2n) is 4.11. The van der Waals surface area contributed by atoms with E-state index in [2.05, 4.69) is 5.43 Å². The Kier molecular flexibility index (Phi) is 4.00. The third kappa shape index (κ3) is 3.45. The minimum atomic E-state index is -0.552. The minimum absolute atomic E-state index is 0.158. The number of nitrogens with one attached hydrogen (secondary N) is 1. The van der Waals surface area contributed by atoms with Crippen LogP contribution in [0.2, 0.25) is 0 Å². The van der Waals surface area contributed by atoms with Gasteiger partial charge in [-0.25, -0.2) is 0 Å². The number of nitro groups is 1. The number of amides is 1. The van der Waals surface area contributed by atoms with Gasteiger partial charge >= 0.3 is 0 Å². The van der Waals surface area contributed by atoms with Crippen molar-refractivity contribution in [2.24, 2.45) is 11.6 Å². The lowest BCUT2D eigenvalue weighted by Crippen LogP contribution is -2.10. The largest absolute Gasteiger partial charge is 0.457 e. The maximum Gasteiger partial charge on any atom is 0.275 e. The fourth-order valence-corrected chi connectivity index (χ4v) is 1.65. The Morgan fingerprint density at radius 2 is 1.81 bits per heavy atom. The van der Waals surface area contributed by atoms with Crippen LogP contribution < -0.4 is 21.7 Å². The molecule has 2 aromatic rings. The van der Waals surface area contributed by atoms with E-state index < -0.39 is 10.8 Å². The topological polar surface area (TPSA) is 134 Å². The summed E-state index contributed by atoms with van der Waals surface area (Å²) in [4.78, 5) is 21.2. The van der Waals surface area contributed by atoms with Gasteiger partial charge in [-0.2, -0.15) is 0 Å². The Bertz CT molecular complexity index is 685. The number of anilines is 1. The van der Waals surface area contributed by atoms with Crippen LogP contribution in [0.15, 0.2) is 42.5 Å². The normalized spacial score (nSPS) is 9.95. The Morgan fingerprint density at radius 1 is 1.14 bits per heavy atom. The molecule has 0 saturated heterocycles. The first-order valence-electron chi connectivity index (χ1n) is 5.83. The van der Waals surface area contributed by atoms with Crippen LogP contribution in [0.3, 0.4) is 0 Å². The van der Waals surface area contributed by atoms with Crippen LogP contribution in [-0.2, 0) is 0 Å². The number of rotatable bonds is 5. The standard InChI is InChI=1S/C13H12N4O4/c14-13(18)8-1-3-11(4-2-8)21-12-6-9(16-15)5-10(7-12)17(19)20/h1-7,16H,15H2,(H2,14,18). The number of primary amides is 1. The van der Waals surface area contributed by atoms with Crippen LogP contribution in [0.5, 0.6) is 11.5 Å². The van der Waals surface area contributed by atoms with Crippen molar-refractivity contribution in [1.82, 2.24) is 0 Å². The average molecular weight is 288 g/mol. The van der Waals surface area contributed by atoms with Gasteiger partial charge < -0.3 is 15.9 Å². The van der Waals surface area contributed by atoms with Gasteiger partial charge in [0.2, 0.25) is 5.91 Å². The maximum absolute atomic E-state index is 11.0. The summed E-state index contributed by atoms with van der Waals surface area (Å²) in [6.07, 6.45) is 0. The van der Waals surface area contributed by atoms with Crippen molar-refractivity contribution in [2.45, 2.75) is 0 Å². The molecule has 0 aliphatic rings. The number of benzene rings is 2. The van der Waals surface area contributed by atoms with Gasteiger partial charge in [0, 0.05) is 17.7 Å². The number of nitrogens with zero attached hydrogens (tertiary/aromatic N) is 1. The SMILES string of the molecule is NNc1cc(Oc2ccc(C(N)=O)cc2)cc([N+](=O)[O-])c1. The van der Waals surface area contributed by atoms with E-state index in [-0.39, 0.29) is 11.4 Å². The molecular weight excluding hydrogens is 276 g/mol. The molecule has 0 fully saturated rings. The zero-order chi connectivity index (χ0) is 15.4. The fraction of sp³-hybridized carbons (Fsp3) is 0. The quantitative estimate of drug-likeness (QED) is 0.436. The van der Waals surface area contributed by atoms with Gasteiger partial charge in [0.25, 0.3) is 5.69 Å². The van der Waals surface area contributed by atoms with Gasteiger partial charge in [-0.05, 0) is 24.3 Å². The zero-order valence-corrected chi connectivity index (χ0v) is 10.8. The fourth-order valence-electron chi connectivity index (χ4n) is 1.65. The first kappa shape index (κ1) is 14.3. The number of carbonyl (C=O) groups is 1. The van der Waals surface area contributed by atoms with Gasteiger partial charge in [-0.1, -0.05) is 0 Å². The lowest BCUT2D eigenvalue weighted by molar-refractivity contribution is -0.384. The molecule has 0 radical (unpaired) electrons. The minimum Gasteiger partial charge on any atom is -0.457 e. The molecule has 2 rings (SSSR count). The number of non-ortho nitro benzene ring substituents is 1. The molecule has 5 N–H and O–H groups in total. The van der Waals surface area contributed by atoms with Crippen molar-refractivity contribution in [2.75, 3.05) is 5.43 Å². The van der Waals surface area contributed by atoms with E-state index in [0.29, 0.717) is 17.0 Å². The predicted octanol–water partition coefficient (Wildman–Crippen LogP) is 1.77. The first-order valence-corrected chi connectivity index (χ1v) is 5.83. The van der Waals surface area contributed by atoms with Crippen LogP contribution in [0, 0.1) is 10.1 Å². The molecule has 0 aliphatic carbocycles. The molecule has 1 amide bonds. The Labute approximate surface area is 119 Å². The third-order valence-corrected chi connectivity index (χ3v) is 2.64. The van der Waals surface area contributed by atoms with Gasteiger partial charge in [-0.15, -0.1) is 0 Å². The van der Waals surface area contributed by atoms with Crippen molar-refractivity contribution in [3.05, 3.63) is 58.1 Å². The maximum atomic E-state index is 11.0. The van der Waals surface area contributed by atoms with Gasteiger partial charge in [0.05, 0.1) is 16.7 Å². The lowest BCUT2D eigenvalue weighted by atomic mass is 10.2. The third-order valence-electron chi connectivity index (χ3n) is 2.64. The van der Waals surface area contributed by atoms with Crippen molar-refractivity contribution in [3.63, 3.8) is 0 Å². The van der Waals surface area contributed by atoms with Crippen molar-refractivity contribution >= 4 is 17.3 Å². The van der Waals surface area contributed by atoms with Gasteiger partial charge in [-0.3, -0.25) is 20.8 Å². The number of hydrazine groups is 1. The summed E-state index contributed by atoms with van der Waals surface area (Å²) in [6, 6.07) is 10.1. The molecule has 2 aromatic carbocycles. The van der Waals surface area contributed by atoms with E-state index in [0.717, 1.165) is 0 Å². The average Bonchev–Trinajstić information content (AvgIpc) is 2.47. The Balaban J connectivity index is 2.28. The van der Waals surface area contributed by atoms with Crippen molar-refractivity contribution in [3.8, 4) is 11.5 Å². The number of carbonyl (C=O) groups excluding carboxylic acids is 1. The predicted molar refractivity (Wildman–Crippen MR) is 75.9 cm³/mol. The van der Waals surface area contributed by atoms with Crippen LogP contribution in [0.4, 0.5) is 11.4 Å². The second-order valence-corrected chi connectivity index (χ2v) is 4.11. The highest BCUT2D eigenvalue weighted by molar-refractivity contribution is 5.92. The molecule has 0 heterocycles. The molecule has 8 nitrogen and oxygen atoms in total. The van der Waals surface area contributed by atoms with Crippen LogP contribution in [0.1, 0.15) is 10.4 Å². The molecule has 0 aromatic heterocycles. The summed E-state index contributed by atoms with van der Waals surface area (Å²) in [6.45, 7) is 0. The Morgan fingerprint density at radius 3 is 2.33 bits per heavy atom. The summed E-state index contributed by atoms with van der Waals surface area (Å²) in [5.74, 6) is 5.35. The first-order chi connectivity index (χ1) is 9.99. The molecule has 0 aliphatic heterocycles. The molecule has 0 saturated carbocycles. The highest BCUT2D eigenvalue weighted by Gasteiger charge is 2.11. The summed E-state index contributed by atoms with van der Waals surface area (Å²) < 4.78 is 5.49. The highest BCUT2D eigenvalue weighted by Crippen LogP contribution is 2.29. The number of nitrogen functional groups attached to an aromatic ring is 1. The number of nitro benzene ring substituents is 1. The van der Waals surface area contributed by atoms with E-state index in [1.807, 2.05) is 0 Å². The van der Waals surface area contributed by atoms with E-state index in [9.17, 15) is 14.9 Å². The molecule has 8 heteroatoms. The molecule has 0 spiro atoms. The smallest absolute Gasteiger partial charge is 0.275 e. The second kappa shape index (κ2) is 5.88. The van der Waals surface area contributed by atoms with Gasteiger partial charge in [0.1, 0.15) is 11.5 Å². The van der Waals surface area contributed by atoms with Crippen LogP contribution in [0.25, 0.3) is 0 Å². The van der Waals surface area contributed by atoms with Crippen molar-refractivity contribution < 1.29 is 14.5 Å². The van der Waals surface area contributed by atoms with E-state index in [4.69, 9.17) is 16.3 Å². The Hall–Kier alpha value is -3.13. The lowest BCUT2D eigenvalue weighted by Gasteiger charge is -2.08. The molecule has 21 heavy (non-hydrogen) atoms. The molecular formula is C13H12N4O4. The van der Waals surface area contributed by atoms with E-state index >= 15 is 0 Å². The molecule has 108 valence electrons. The number of ether oxygens (including phenoxy) is 1. The summed E-state index contributed by atoms with van der Waals surface area (Å²) in [5, 5.41) is 10.8. The van der Waals surface area contributed by atoms with Gasteiger partial charge in [0.15, 0.2) is 0 Å². The number of nitrogens with two attached hydrogens (primary N) is 2. The monoisotopic (exact) mass is 288 g/mol. The summed E-state index contributed by atoms with van der Waals surface area (Å²) >= 11 is 0. The molecule has 0 unspecified atom stereocenters. The van der Waals surface area contributed by atoms with Crippen LogP contribution >= 0.6 is 0 Å². The van der Waals surface area contributed by atoms with Crippen LogP contribution in [-0.4, -0.2) is 10.8 Å². The summed E-state index contributed by atoms with van der Waals surface area (Å²) in [5.41, 5.74) is 7.98. The zero-order valence-electron chi connectivity index (χ0n) is 10.8. The summed E-state index contributed by atoms with van der Waals surface area (Å²) in [7, 11) is 0. The number of hydrogen-bond donors (Lipinski definition) is 3. The highest BCUT2D eigenvalue weighted by atomic mass is 16.6. The van der Waals surface area contributed by atoms with E-state index in [1.54, 1.807) is 0 Å². The molecule has 0 bridgehead atoms. The number of hydrogen-bond acceptors (Lipinski definition) is 6. The van der Waals surface area contributed by atoms with E-state index in [1.165, 1.54) is 42.5 Å². The van der Waals surface area contributed by atoms with Crippen molar-refractivity contribution in [1.29, 1.82) is 0 Å². The molecule has 0 atom stereocenters.